The molecule has 4 aromatic rings. The maximum atomic E-state index is 6.00. The van der Waals surface area contributed by atoms with Crippen LogP contribution in [0.25, 0.3) is 22.2 Å². The molecule has 2 fully saturated rings. The average Bonchev–Trinajstić information content (AvgIpc) is 3.58. The molecular formula is C24H24ClN7. The van der Waals surface area contributed by atoms with E-state index >= 15 is 0 Å². The SMILES string of the molecule is Cc1nc(Cl)ccc1-c1cc2cnn(C3CCN(c4ncc(C5CC5)cn4)CC3)c2cn1. The second-order valence-electron chi connectivity index (χ2n) is 8.79. The normalized spacial score (nSPS) is 17.2. The Morgan fingerprint density at radius 1 is 0.938 bits per heavy atom. The molecular weight excluding hydrogens is 422 g/mol. The molecule has 1 saturated heterocycles. The molecule has 0 aromatic carbocycles. The van der Waals surface area contributed by atoms with Crippen LogP contribution in [0.2, 0.25) is 5.15 Å². The Morgan fingerprint density at radius 3 is 2.44 bits per heavy atom. The molecule has 4 aromatic heterocycles. The molecule has 7 nitrogen and oxygen atoms in total. The number of fused-ring (bicyclic) bond motifs is 1. The van der Waals surface area contributed by atoms with Crippen molar-refractivity contribution in [1.82, 2.24) is 29.7 Å². The van der Waals surface area contributed by atoms with Gasteiger partial charge in [-0.2, -0.15) is 5.10 Å². The van der Waals surface area contributed by atoms with E-state index < -0.39 is 0 Å². The number of pyridine rings is 2. The van der Waals surface area contributed by atoms with Crippen molar-refractivity contribution >= 4 is 28.5 Å². The van der Waals surface area contributed by atoms with Crippen molar-refractivity contribution in [2.24, 2.45) is 0 Å². The highest BCUT2D eigenvalue weighted by molar-refractivity contribution is 6.29. The Hall–Kier alpha value is -3.06. The van der Waals surface area contributed by atoms with Crippen LogP contribution < -0.4 is 4.90 Å². The topological polar surface area (TPSA) is 72.6 Å². The Morgan fingerprint density at radius 2 is 1.72 bits per heavy atom. The van der Waals surface area contributed by atoms with Crippen molar-refractivity contribution in [1.29, 1.82) is 0 Å². The standard InChI is InChI=1S/C24H24ClN7/c1-15-20(4-5-23(25)30-15)21-10-17-13-29-32(22(17)14-26-21)19-6-8-31(9-7-19)24-27-11-18(12-28-24)16-2-3-16/h4-5,10-14,16,19H,2-3,6-9H2,1H3. The van der Waals surface area contributed by atoms with Gasteiger partial charge in [0, 0.05) is 42.1 Å². The van der Waals surface area contributed by atoms with Crippen molar-refractivity contribution in [3.63, 3.8) is 0 Å². The van der Waals surface area contributed by atoms with Crippen LogP contribution in [0, 0.1) is 6.92 Å². The Bertz CT molecular complexity index is 1270. The fraction of sp³-hybridized carbons (Fsp3) is 0.375. The first-order chi connectivity index (χ1) is 15.7. The van der Waals surface area contributed by atoms with Crippen molar-refractivity contribution < 1.29 is 0 Å². The van der Waals surface area contributed by atoms with Crippen LogP contribution in [0.5, 0.6) is 0 Å². The molecule has 2 aliphatic rings. The molecule has 8 heteroatoms. The lowest BCUT2D eigenvalue weighted by Crippen LogP contribution is -2.36. The summed E-state index contributed by atoms with van der Waals surface area (Å²) in [5.41, 5.74) is 5.10. The van der Waals surface area contributed by atoms with Crippen LogP contribution in [0.1, 0.15) is 48.9 Å². The molecule has 32 heavy (non-hydrogen) atoms. The second kappa shape index (κ2) is 7.81. The number of anilines is 1. The van der Waals surface area contributed by atoms with Crippen LogP contribution in [0.3, 0.4) is 0 Å². The van der Waals surface area contributed by atoms with Crippen LogP contribution in [0.15, 0.2) is 43.0 Å². The quantitative estimate of drug-likeness (QED) is 0.413. The summed E-state index contributed by atoms with van der Waals surface area (Å²) in [5.74, 6) is 1.54. The molecule has 6 rings (SSSR count). The van der Waals surface area contributed by atoms with Crippen molar-refractivity contribution in [2.45, 2.75) is 44.6 Å². The highest BCUT2D eigenvalue weighted by Gasteiger charge is 2.26. The van der Waals surface area contributed by atoms with E-state index in [2.05, 4.69) is 30.6 Å². The summed E-state index contributed by atoms with van der Waals surface area (Å²) in [5, 5.41) is 6.30. The largest absolute Gasteiger partial charge is 0.341 e. The maximum Gasteiger partial charge on any atom is 0.225 e. The van der Waals surface area contributed by atoms with Gasteiger partial charge in [-0.25, -0.2) is 15.0 Å². The lowest BCUT2D eigenvalue weighted by atomic mass is 10.1. The average molecular weight is 446 g/mol. The minimum Gasteiger partial charge on any atom is -0.341 e. The van der Waals surface area contributed by atoms with Gasteiger partial charge in [-0.05, 0) is 62.3 Å². The molecule has 5 heterocycles. The summed E-state index contributed by atoms with van der Waals surface area (Å²) in [6.07, 6.45) is 12.4. The predicted molar refractivity (Wildman–Crippen MR) is 125 cm³/mol. The van der Waals surface area contributed by atoms with E-state index in [-0.39, 0.29) is 0 Å². The van der Waals surface area contributed by atoms with Gasteiger partial charge in [-0.15, -0.1) is 0 Å². The minimum atomic E-state index is 0.348. The molecule has 0 atom stereocenters. The van der Waals surface area contributed by atoms with Gasteiger partial charge >= 0.3 is 0 Å². The fourth-order valence-electron chi connectivity index (χ4n) is 4.62. The summed E-state index contributed by atoms with van der Waals surface area (Å²) in [7, 11) is 0. The van der Waals surface area contributed by atoms with E-state index in [0.717, 1.165) is 59.7 Å². The van der Waals surface area contributed by atoms with Gasteiger partial charge in [-0.1, -0.05) is 11.6 Å². The monoisotopic (exact) mass is 445 g/mol. The van der Waals surface area contributed by atoms with Crippen LogP contribution in [0.4, 0.5) is 5.95 Å². The first kappa shape index (κ1) is 19.6. The van der Waals surface area contributed by atoms with Gasteiger partial charge in [0.2, 0.25) is 5.95 Å². The van der Waals surface area contributed by atoms with Crippen molar-refractivity contribution in [2.75, 3.05) is 18.0 Å². The van der Waals surface area contributed by atoms with Crippen LogP contribution in [-0.4, -0.2) is 42.8 Å². The Balaban J connectivity index is 1.19. The highest BCUT2D eigenvalue weighted by Crippen LogP contribution is 2.39. The summed E-state index contributed by atoms with van der Waals surface area (Å²) in [6, 6.07) is 6.20. The molecule has 0 spiro atoms. The number of nitrogens with zero attached hydrogens (tertiary/aromatic N) is 7. The van der Waals surface area contributed by atoms with E-state index in [1.807, 2.05) is 37.8 Å². The minimum absolute atomic E-state index is 0.348. The van der Waals surface area contributed by atoms with E-state index in [9.17, 15) is 0 Å². The molecule has 1 aliphatic heterocycles. The summed E-state index contributed by atoms with van der Waals surface area (Å²) >= 11 is 6.00. The van der Waals surface area contributed by atoms with Crippen molar-refractivity contribution in [3.8, 4) is 11.3 Å². The van der Waals surface area contributed by atoms with E-state index in [0.29, 0.717) is 17.1 Å². The van der Waals surface area contributed by atoms with Gasteiger partial charge in [0.15, 0.2) is 0 Å². The lowest BCUT2D eigenvalue weighted by molar-refractivity contribution is 0.373. The van der Waals surface area contributed by atoms with Gasteiger partial charge in [-0.3, -0.25) is 9.67 Å². The molecule has 0 unspecified atom stereocenters. The first-order valence-electron chi connectivity index (χ1n) is 11.2. The zero-order valence-electron chi connectivity index (χ0n) is 17.9. The summed E-state index contributed by atoms with van der Waals surface area (Å²) in [6.45, 7) is 3.80. The number of aromatic nitrogens is 6. The zero-order valence-corrected chi connectivity index (χ0v) is 18.7. The maximum absolute atomic E-state index is 6.00. The Kier molecular flexibility index (Phi) is 4.79. The number of rotatable bonds is 4. The molecule has 0 bridgehead atoms. The third-order valence-electron chi connectivity index (χ3n) is 6.61. The zero-order chi connectivity index (χ0) is 21.7. The molecule has 0 N–H and O–H groups in total. The van der Waals surface area contributed by atoms with E-state index in [1.165, 1.54) is 18.4 Å². The predicted octanol–water partition coefficient (Wildman–Crippen LogP) is 4.96. The van der Waals surface area contributed by atoms with Crippen LogP contribution in [-0.2, 0) is 0 Å². The van der Waals surface area contributed by atoms with Gasteiger partial charge in [0.1, 0.15) is 5.15 Å². The number of halogens is 1. The third kappa shape index (κ3) is 3.60. The summed E-state index contributed by atoms with van der Waals surface area (Å²) in [4.78, 5) is 20.6. The summed E-state index contributed by atoms with van der Waals surface area (Å²) < 4.78 is 2.13. The molecule has 0 amide bonds. The lowest BCUT2D eigenvalue weighted by Gasteiger charge is -2.32. The molecule has 162 valence electrons. The first-order valence-corrected chi connectivity index (χ1v) is 11.6. The molecule has 1 aliphatic carbocycles. The smallest absolute Gasteiger partial charge is 0.225 e. The molecule has 0 radical (unpaired) electrons. The number of aryl methyl sites for hydroxylation is 1. The van der Waals surface area contributed by atoms with Crippen molar-refractivity contribution in [3.05, 3.63) is 59.4 Å². The number of piperidine rings is 1. The molecule has 1 saturated carbocycles. The van der Waals surface area contributed by atoms with Gasteiger partial charge < -0.3 is 4.90 Å². The third-order valence-corrected chi connectivity index (χ3v) is 6.82. The van der Waals surface area contributed by atoms with E-state index in [4.69, 9.17) is 21.7 Å². The number of hydrogen-bond donors (Lipinski definition) is 0. The van der Waals surface area contributed by atoms with Gasteiger partial charge in [0.05, 0.1) is 29.6 Å². The van der Waals surface area contributed by atoms with Crippen LogP contribution >= 0.6 is 11.6 Å². The Labute approximate surface area is 191 Å². The number of hydrogen-bond acceptors (Lipinski definition) is 6. The van der Waals surface area contributed by atoms with Gasteiger partial charge in [0.25, 0.3) is 0 Å². The second-order valence-corrected chi connectivity index (χ2v) is 9.18. The van der Waals surface area contributed by atoms with E-state index in [1.54, 1.807) is 6.07 Å². The fourth-order valence-corrected chi connectivity index (χ4v) is 4.81. The highest BCUT2D eigenvalue weighted by atomic mass is 35.5.